The van der Waals surface area contributed by atoms with Crippen LogP contribution < -0.4 is 15.7 Å². The Morgan fingerprint density at radius 3 is 2.44 bits per heavy atom. The highest BCUT2D eigenvalue weighted by molar-refractivity contribution is 7.91. The van der Waals surface area contributed by atoms with Gasteiger partial charge >= 0.3 is 0 Å². The lowest BCUT2D eigenvalue weighted by molar-refractivity contribution is -0.120. The van der Waals surface area contributed by atoms with E-state index in [9.17, 15) is 13.2 Å². The molecule has 0 saturated carbocycles. The highest BCUT2D eigenvalue weighted by atomic mass is 32.2. The number of hydrogen-bond donors (Lipinski definition) is 2. The number of aryl methyl sites for hydroxylation is 1. The summed E-state index contributed by atoms with van der Waals surface area (Å²) in [5.41, 5.74) is 5.64. The fourth-order valence-corrected chi connectivity index (χ4v) is 2.55. The molecule has 1 amide bonds. The molecule has 1 rings (SSSR count). The molecular formula is C8H15N5O3S2. The van der Waals surface area contributed by atoms with Crippen LogP contribution in [0.2, 0.25) is 0 Å². The molecule has 0 radical (unpaired) electrons. The number of sulfonamides is 1. The second-order valence-electron chi connectivity index (χ2n) is 4.04. The topological polar surface area (TPSA) is 133 Å². The second-order valence-corrected chi connectivity index (χ2v) is 6.73. The molecule has 0 aliphatic rings. The largest absolute Gasteiger partial charge is 0.320 e. The zero-order chi connectivity index (χ0) is 14.1. The van der Waals surface area contributed by atoms with Crippen molar-refractivity contribution >= 4 is 27.3 Å². The second kappa shape index (κ2) is 5.26. The Kier molecular flexibility index (Phi) is 4.37. The van der Waals surface area contributed by atoms with Gasteiger partial charge in [0.25, 0.3) is 15.9 Å². The van der Waals surface area contributed by atoms with Crippen LogP contribution in [-0.4, -0.2) is 30.1 Å². The molecule has 0 bridgehead atoms. The molecule has 18 heavy (non-hydrogen) atoms. The number of aromatic nitrogens is 2. The van der Waals surface area contributed by atoms with Gasteiger partial charge in [-0.3, -0.25) is 4.79 Å². The average Bonchev–Trinajstić information content (AvgIpc) is 2.58. The fourth-order valence-electron chi connectivity index (χ4n) is 0.994. The first kappa shape index (κ1) is 15.0. The smallest absolute Gasteiger partial charge is 0.267 e. The molecule has 102 valence electrons. The van der Waals surface area contributed by atoms with Crippen molar-refractivity contribution < 1.29 is 13.2 Å². The van der Waals surface area contributed by atoms with Gasteiger partial charge in [-0.05, 0) is 5.92 Å². The lowest BCUT2D eigenvalue weighted by Gasteiger charge is -2.09. The maximum atomic E-state index is 11.7. The van der Waals surface area contributed by atoms with Gasteiger partial charge in [0.2, 0.25) is 9.14 Å². The first-order valence-corrected chi connectivity index (χ1v) is 7.40. The molecular weight excluding hydrogens is 278 g/mol. The Labute approximate surface area is 108 Å². The first-order chi connectivity index (χ1) is 8.12. The third-order valence-corrected chi connectivity index (χ3v) is 4.45. The Morgan fingerprint density at radius 2 is 2.06 bits per heavy atom. The molecule has 1 aromatic heterocycles. The van der Waals surface area contributed by atoms with Crippen LogP contribution in [0, 0.1) is 5.92 Å². The predicted octanol–water partition coefficient (Wildman–Crippen LogP) is -1.46. The van der Waals surface area contributed by atoms with E-state index in [0.29, 0.717) is 0 Å². The number of nitrogens with zero attached hydrogens (tertiary/aromatic N) is 3. The number of rotatable bonds is 3. The molecule has 1 aromatic rings. The molecule has 1 atom stereocenters. The number of carbonyl (C=O) groups excluding carboxylic acids is 1. The molecule has 0 aromatic carbocycles. The number of hydrogen-bond acceptors (Lipinski definition) is 6. The summed E-state index contributed by atoms with van der Waals surface area (Å²) in [5, 5.41) is 8.61. The molecule has 0 unspecified atom stereocenters. The van der Waals surface area contributed by atoms with Crippen LogP contribution in [0.4, 0.5) is 0 Å². The zero-order valence-electron chi connectivity index (χ0n) is 10.2. The van der Waals surface area contributed by atoms with Crippen molar-refractivity contribution in [3.8, 4) is 0 Å². The molecule has 0 aliphatic carbocycles. The van der Waals surface area contributed by atoms with Gasteiger partial charge < -0.3 is 5.73 Å². The van der Waals surface area contributed by atoms with E-state index >= 15 is 0 Å². The van der Waals surface area contributed by atoms with Gasteiger partial charge in [0.1, 0.15) is 0 Å². The summed E-state index contributed by atoms with van der Waals surface area (Å²) in [5.74, 6) is -0.581. The summed E-state index contributed by atoms with van der Waals surface area (Å²) >= 11 is 0.720. The highest BCUT2D eigenvalue weighted by Gasteiger charge is 2.18. The van der Waals surface area contributed by atoms with Gasteiger partial charge in [-0.25, -0.2) is 18.2 Å². The van der Waals surface area contributed by atoms with E-state index in [0.717, 1.165) is 11.3 Å². The fraction of sp³-hybridized carbons (Fsp3) is 0.625. The van der Waals surface area contributed by atoms with Crippen molar-refractivity contribution in [3.05, 3.63) is 4.80 Å². The molecule has 10 heteroatoms. The van der Waals surface area contributed by atoms with Crippen LogP contribution in [0.1, 0.15) is 13.8 Å². The van der Waals surface area contributed by atoms with E-state index in [1.165, 1.54) is 11.7 Å². The third-order valence-electron chi connectivity index (χ3n) is 2.14. The van der Waals surface area contributed by atoms with Gasteiger partial charge in [0.15, 0.2) is 0 Å². The average molecular weight is 293 g/mol. The Hall–Kier alpha value is -1.10. The number of primary sulfonamides is 1. The summed E-state index contributed by atoms with van der Waals surface area (Å²) in [6.45, 7) is 3.58. The van der Waals surface area contributed by atoms with Crippen molar-refractivity contribution in [2.75, 3.05) is 0 Å². The van der Waals surface area contributed by atoms with E-state index in [4.69, 9.17) is 10.9 Å². The number of carbonyl (C=O) groups is 1. The van der Waals surface area contributed by atoms with Gasteiger partial charge in [0.05, 0.1) is 6.04 Å². The molecule has 4 N–H and O–H groups in total. The first-order valence-electron chi connectivity index (χ1n) is 5.04. The van der Waals surface area contributed by atoms with E-state index in [-0.39, 0.29) is 15.1 Å². The van der Waals surface area contributed by atoms with Crippen LogP contribution in [-0.2, 0) is 21.9 Å². The van der Waals surface area contributed by atoms with Crippen LogP contribution in [0.3, 0.4) is 0 Å². The quantitative estimate of drug-likeness (QED) is 0.702. The minimum absolute atomic E-state index is 0.0582. The van der Waals surface area contributed by atoms with Crippen LogP contribution in [0.25, 0.3) is 0 Å². The minimum atomic E-state index is -3.89. The molecule has 0 saturated heterocycles. The maximum Gasteiger partial charge on any atom is 0.267 e. The zero-order valence-corrected chi connectivity index (χ0v) is 11.8. The molecule has 1 heterocycles. The predicted molar refractivity (Wildman–Crippen MR) is 65.8 cm³/mol. The Balaban J connectivity index is 3.19. The van der Waals surface area contributed by atoms with Crippen molar-refractivity contribution in [1.29, 1.82) is 0 Å². The van der Waals surface area contributed by atoms with Gasteiger partial charge in [-0.2, -0.15) is 4.99 Å². The van der Waals surface area contributed by atoms with Crippen molar-refractivity contribution in [1.82, 2.24) is 9.78 Å². The summed E-state index contributed by atoms with van der Waals surface area (Å²) in [6, 6.07) is -0.731. The van der Waals surface area contributed by atoms with E-state index in [1.807, 2.05) is 0 Å². The van der Waals surface area contributed by atoms with Gasteiger partial charge in [-0.1, -0.05) is 25.2 Å². The molecule has 0 spiro atoms. The summed E-state index contributed by atoms with van der Waals surface area (Å²) in [6.07, 6.45) is 0. The van der Waals surface area contributed by atoms with E-state index in [2.05, 4.69) is 10.1 Å². The van der Waals surface area contributed by atoms with Gasteiger partial charge in [0, 0.05) is 7.05 Å². The van der Waals surface area contributed by atoms with Crippen molar-refractivity contribution in [2.24, 2.45) is 28.8 Å². The van der Waals surface area contributed by atoms with E-state index < -0.39 is 22.0 Å². The van der Waals surface area contributed by atoms with E-state index in [1.54, 1.807) is 13.8 Å². The summed E-state index contributed by atoms with van der Waals surface area (Å²) < 4.78 is 23.1. The van der Waals surface area contributed by atoms with Crippen molar-refractivity contribution in [3.63, 3.8) is 0 Å². The molecule has 0 fully saturated rings. The summed E-state index contributed by atoms with van der Waals surface area (Å²) in [7, 11) is -2.42. The minimum Gasteiger partial charge on any atom is -0.320 e. The maximum absolute atomic E-state index is 11.7. The molecule has 8 nitrogen and oxygen atoms in total. The Morgan fingerprint density at radius 1 is 1.50 bits per heavy atom. The van der Waals surface area contributed by atoms with Gasteiger partial charge in [-0.15, -0.1) is 5.10 Å². The van der Waals surface area contributed by atoms with Crippen LogP contribution >= 0.6 is 11.3 Å². The standard InChI is InChI=1S/C8H15N5O3S2/c1-4(2)5(9)6(14)11-7-13(3)12-8(17-7)18(10,15)16/h4-5H,9H2,1-3H3,(H2,10,15,16)/t5-/m0/s1. The van der Waals surface area contributed by atoms with Crippen LogP contribution in [0.5, 0.6) is 0 Å². The number of amides is 1. The lowest BCUT2D eigenvalue weighted by Crippen LogP contribution is -2.35. The normalized spacial score (nSPS) is 15.1. The van der Waals surface area contributed by atoms with Crippen LogP contribution in [0.15, 0.2) is 9.33 Å². The number of nitrogens with two attached hydrogens (primary N) is 2. The molecule has 0 aliphatic heterocycles. The summed E-state index contributed by atoms with van der Waals surface area (Å²) in [4.78, 5) is 15.5. The monoisotopic (exact) mass is 293 g/mol. The SMILES string of the molecule is CC(C)[C@H](N)C(=O)N=c1sc(S(N)(=O)=O)nn1C. The third kappa shape index (κ3) is 3.45. The highest BCUT2D eigenvalue weighted by Crippen LogP contribution is 2.05. The van der Waals surface area contributed by atoms with Crippen molar-refractivity contribution in [2.45, 2.75) is 24.2 Å². The lowest BCUT2D eigenvalue weighted by atomic mass is 10.1. The Bertz CT molecular complexity index is 613.